The molecule has 0 heterocycles. The number of hydrazone groups is 2. The number of anilines is 2. The third kappa shape index (κ3) is 7.88. The van der Waals surface area contributed by atoms with Crippen molar-refractivity contribution in [1.82, 2.24) is 0 Å². The number of hydrogen-bond acceptors (Lipinski definition) is 8. The molecular weight excluding hydrogens is 428 g/mol. The number of Topliss-reactive ketones (excluding diaryl/α,β-unsaturated/α-hetero) is 2. The summed E-state index contributed by atoms with van der Waals surface area (Å²) >= 11 is 0. The molecule has 0 bridgehead atoms. The Labute approximate surface area is 201 Å². The normalized spacial score (nSPS) is 13.0. The SMILES string of the molecule is CC(=O)/C(=N/Nc1ccccc1C)C(C)=NCCN=C(C)/C(=N\Nc1ccccc1C)C(C)=O. The number of carbonyl (C=O) groups excluding carboxylic acids is 2. The zero-order chi connectivity index (χ0) is 25.1. The molecule has 0 radical (unpaired) electrons. The fourth-order valence-electron chi connectivity index (χ4n) is 3.04. The smallest absolute Gasteiger partial charge is 0.181 e. The van der Waals surface area contributed by atoms with Crippen LogP contribution >= 0.6 is 0 Å². The molecule has 0 amide bonds. The lowest BCUT2D eigenvalue weighted by molar-refractivity contribution is -0.111. The van der Waals surface area contributed by atoms with Crippen LogP contribution in [0.3, 0.4) is 0 Å². The maximum atomic E-state index is 12.1. The van der Waals surface area contributed by atoms with Gasteiger partial charge >= 0.3 is 0 Å². The molecular formula is C26H32N6O2. The lowest BCUT2D eigenvalue weighted by Gasteiger charge is -2.08. The third-order valence-corrected chi connectivity index (χ3v) is 5.02. The average Bonchev–Trinajstić information content (AvgIpc) is 2.79. The van der Waals surface area contributed by atoms with Crippen LogP contribution in [-0.4, -0.2) is 47.5 Å². The Morgan fingerprint density at radius 2 is 1.00 bits per heavy atom. The van der Waals surface area contributed by atoms with E-state index in [2.05, 4.69) is 31.0 Å². The highest BCUT2D eigenvalue weighted by Gasteiger charge is 2.12. The van der Waals surface area contributed by atoms with Gasteiger partial charge in [0, 0.05) is 13.8 Å². The van der Waals surface area contributed by atoms with Crippen molar-refractivity contribution in [3.63, 3.8) is 0 Å². The Kier molecular flexibility index (Phi) is 10.0. The zero-order valence-corrected chi connectivity index (χ0v) is 20.6. The lowest BCUT2D eigenvalue weighted by Crippen LogP contribution is -2.22. The molecule has 0 saturated heterocycles. The minimum absolute atomic E-state index is 0.185. The number of carbonyl (C=O) groups is 2. The Hall–Kier alpha value is -3.94. The van der Waals surface area contributed by atoms with Crippen molar-refractivity contribution in [2.45, 2.75) is 41.5 Å². The Morgan fingerprint density at radius 3 is 1.32 bits per heavy atom. The fourth-order valence-corrected chi connectivity index (χ4v) is 3.04. The van der Waals surface area contributed by atoms with Gasteiger partial charge in [-0.25, -0.2) is 0 Å². The quantitative estimate of drug-likeness (QED) is 0.289. The summed E-state index contributed by atoms with van der Waals surface area (Å²) in [4.78, 5) is 33.0. The van der Waals surface area contributed by atoms with Crippen molar-refractivity contribution in [2.75, 3.05) is 23.9 Å². The van der Waals surface area contributed by atoms with Crippen LogP contribution in [0.1, 0.15) is 38.8 Å². The van der Waals surface area contributed by atoms with Crippen LogP contribution in [0, 0.1) is 13.8 Å². The molecule has 178 valence electrons. The number of aliphatic imine (C=N–C) groups is 2. The number of nitrogens with zero attached hydrogens (tertiary/aromatic N) is 4. The zero-order valence-electron chi connectivity index (χ0n) is 20.6. The molecule has 0 aromatic heterocycles. The molecule has 34 heavy (non-hydrogen) atoms. The first-order valence-corrected chi connectivity index (χ1v) is 11.0. The molecule has 8 nitrogen and oxygen atoms in total. The van der Waals surface area contributed by atoms with Gasteiger partial charge in [-0.1, -0.05) is 36.4 Å². The monoisotopic (exact) mass is 460 g/mol. The van der Waals surface area contributed by atoms with Crippen LogP contribution in [0.4, 0.5) is 11.4 Å². The molecule has 2 N–H and O–H groups in total. The highest BCUT2D eigenvalue weighted by Crippen LogP contribution is 2.14. The van der Waals surface area contributed by atoms with Gasteiger partial charge in [0.25, 0.3) is 0 Å². The second-order valence-electron chi connectivity index (χ2n) is 7.82. The molecule has 8 heteroatoms. The van der Waals surface area contributed by atoms with E-state index in [4.69, 9.17) is 0 Å². The van der Waals surface area contributed by atoms with E-state index in [0.29, 0.717) is 24.5 Å². The van der Waals surface area contributed by atoms with Gasteiger partial charge in [-0.3, -0.25) is 30.4 Å². The molecule has 0 aliphatic heterocycles. The molecule has 2 rings (SSSR count). The molecule has 0 spiro atoms. The van der Waals surface area contributed by atoms with Crippen molar-refractivity contribution in [1.29, 1.82) is 0 Å². The fraction of sp³-hybridized carbons (Fsp3) is 0.308. The number of nitrogens with one attached hydrogen (secondary N) is 2. The summed E-state index contributed by atoms with van der Waals surface area (Å²) in [5.74, 6) is -0.370. The number of ketones is 2. The lowest BCUT2D eigenvalue weighted by atomic mass is 10.2. The van der Waals surface area contributed by atoms with Crippen LogP contribution in [0.15, 0.2) is 68.7 Å². The van der Waals surface area contributed by atoms with E-state index in [9.17, 15) is 9.59 Å². The van der Waals surface area contributed by atoms with Crippen molar-refractivity contribution in [2.24, 2.45) is 20.2 Å². The molecule has 0 saturated carbocycles. The van der Waals surface area contributed by atoms with Crippen molar-refractivity contribution < 1.29 is 9.59 Å². The van der Waals surface area contributed by atoms with Gasteiger partial charge in [-0.05, 0) is 51.0 Å². The predicted molar refractivity (Wildman–Crippen MR) is 142 cm³/mol. The maximum Gasteiger partial charge on any atom is 0.181 e. The van der Waals surface area contributed by atoms with Crippen LogP contribution in [0.25, 0.3) is 0 Å². The maximum absolute atomic E-state index is 12.1. The van der Waals surface area contributed by atoms with Crippen molar-refractivity contribution in [3.05, 3.63) is 59.7 Å². The molecule has 0 fully saturated rings. The highest BCUT2D eigenvalue weighted by atomic mass is 16.1. The van der Waals surface area contributed by atoms with Crippen LogP contribution in [0.2, 0.25) is 0 Å². The van der Waals surface area contributed by atoms with Gasteiger partial charge in [0.15, 0.2) is 11.6 Å². The van der Waals surface area contributed by atoms with Crippen LogP contribution in [-0.2, 0) is 9.59 Å². The third-order valence-electron chi connectivity index (χ3n) is 5.02. The second kappa shape index (κ2) is 12.9. The van der Waals surface area contributed by atoms with Gasteiger partial charge in [-0.2, -0.15) is 10.2 Å². The summed E-state index contributed by atoms with van der Waals surface area (Å²) in [5.41, 5.74) is 11.1. The topological polar surface area (TPSA) is 108 Å². The first-order valence-electron chi connectivity index (χ1n) is 11.0. The van der Waals surface area contributed by atoms with Crippen LogP contribution in [0.5, 0.6) is 0 Å². The number of rotatable bonds is 11. The Balaban J connectivity index is 2.06. The molecule has 0 aliphatic carbocycles. The summed E-state index contributed by atoms with van der Waals surface area (Å²) in [6.45, 7) is 11.0. The number of para-hydroxylation sites is 2. The molecule has 0 atom stereocenters. The van der Waals surface area contributed by atoms with E-state index in [0.717, 1.165) is 22.5 Å². The largest absolute Gasteiger partial charge is 0.293 e. The van der Waals surface area contributed by atoms with E-state index in [1.54, 1.807) is 13.8 Å². The van der Waals surface area contributed by atoms with E-state index in [1.807, 2.05) is 62.4 Å². The first-order chi connectivity index (χ1) is 16.2. The summed E-state index contributed by atoms with van der Waals surface area (Å²) in [7, 11) is 0. The standard InChI is InChI=1S/C26H32N6O2/c1-17-11-7-9-13-23(17)29-31-25(21(5)33)19(3)27-15-16-28-20(4)26(22(6)34)32-30-24-14-10-8-12-18(24)2/h7-14,29-30H,15-16H2,1-6H3/b27-19?,28-20?,31-25+,32-26+. The van der Waals surface area contributed by atoms with Crippen molar-refractivity contribution in [3.8, 4) is 0 Å². The first kappa shape index (κ1) is 26.3. The second-order valence-corrected chi connectivity index (χ2v) is 7.82. The number of benzene rings is 2. The Bertz CT molecular complexity index is 1070. The molecule has 2 aromatic carbocycles. The van der Waals surface area contributed by atoms with Gasteiger partial charge in [-0.15, -0.1) is 0 Å². The number of hydrogen-bond donors (Lipinski definition) is 2. The van der Waals surface area contributed by atoms with E-state index in [1.165, 1.54) is 13.8 Å². The Morgan fingerprint density at radius 1 is 0.647 bits per heavy atom. The summed E-state index contributed by atoms with van der Waals surface area (Å²) < 4.78 is 0. The van der Waals surface area contributed by atoms with Gasteiger partial charge in [0.05, 0.1) is 35.9 Å². The minimum Gasteiger partial charge on any atom is -0.293 e. The predicted octanol–water partition coefficient (Wildman–Crippen LogP) is 4.64. The highest BCUT2D eigenvalue weighted by molar-refractivity contribution is 6.67. The van der Waals surface area contributed by atoms with Gasteiger partial charge in [0.1, 0.15) is 11.4 Å². The summed E-state index contributed by atoms with van der Waals surface area (Å²) in [6.07, 6.45) is 0. The van der Waals surface area contributed by atoms with E-state index >= 15 is 0 Å². The average molecular weight is 461 g/mol. The van der Waals surface area contributed by atoms with E-state index in [-0.39, 0.29) is 23.0 Å². The minimum atomic E-state index is -0.185. The number of aryl methyl sites for hydroxylation is 2. The summed E-state index contributed by atoms with van der Waals surface area (Å²) in [5, 5.41) is 8.52. The van der Waals surface area contributed by atoms with Crippen molar-refractivity contribution >= 4 is 45.8 Å². The van der Waals surface area contributed by atoms with Gasteiger partial charge in [0.2, 0.25) is 0 Å². The van der Waals surface area contributed by atoms with Crippen LogP contribution < -0.4 is 10.9 Å². The molecule has 2 aromatic rings. The molecule has 0 unspecified atom stereocenters. The van der Waals surface area contributed by atoms with E-state index < -0.39 is 0 Å². The summed E-state index contributed by atoms with van der Waals surface area (Å²) in [6, 6.07) is 15.4. The molecule has 0 aliphatic rings. The van der Waals surface area contributed by atoms with Gasteiger partial charge < -0.3 is 0 Å².